The largest absolute Gasteiger partial charge is 0.491 e. The smallest absolute Gasteiger partial charge is 0.252 e. The van der Waals surface area contributed by atoms with Gasteiger partial charge in [-0.15, -0.1) is 0 Å². The normalized spacial score (nSPS) is 10.6. The highest BCUT2D eigenvalue weighted by molar-refractivity contribution is 5.62. The fraction of sp³-hybridized carbons (Fsp3) is 0.158. The van der Waals surface area contributed by atoms with E-state index in [0.29, 0.717) is 11.6 Å². The van der Waals surface area contributed by atoms with Gasteiger partial charge in [0.1, 0.15) is 5.75 Å². The predicted molar refractivity (Wildman–Crippen MR) is 95.8 cm³/mol. The number of anilines is 2. The molecule has 3 rings (SSSR count). The van der Waals surface area contributed by atoms with Crippen molar-refractivity contribution in [3.8, 4) is 17.0 Å². The van der Waals surface area contributed by atoms with Crippen LogP contribution >= 0.6 is 0 Å². The van der Waals surface area contributed by atoms with E-state index in [2.05, 4.69) is 15.3 Å². The maximum absolute atomic E-state index is 11.9. The molecule has 2 N–H and O–H groups in total. The first kappa shape index (κ1) is 15.8. The topological polar surface area (TPSA) is 67.0 Å². The Bertz CT molecular complexity index is 856. The van der Waals surface area contributed by atoms with E-state index in [0.717, 1.165) is 17.0 Å². The number of benzene rings is 2. The number of hydrogen-bond acceptors (Lipinski definition) is 4. The Hall–Kier alpha value is -3.08. The summed E-state index contributed by atoms with van der Waals surface area (Å²) >= 11 is 0. The quantitative estimate of drug-likeness (QED) is 0.746. The van der Waals surface area contributed by atoms with Gasteiger partial charge >= 0.3 is 0 Å². The molecule has 24 heavy (non-hydrogen) atoms. The minimum Gasteiger partial charge on any atom is -0.491 e. The number of H-pyrrole nitrogens is 1. The van der Waals surface area contributed by atoms with E-state index in [1.807, 2.05) is 68.4 Å². The van der Waals surface area contributed by atoms with Crippen molar-refractivity contribution < 1.29 is 4.74 Å². The SMILES string of the molecule is CC(C)Oc1ccc(Nc2nc(-c3ccccc3)cc(=O)[nH]2)cc1. The average molecular weight is 321 g/mol. The first-order chi connectivity index (χ1) is 11.6. The minimum atomic E-state index is -0.203. The summed E-state index contributed by atoms with van der Waals surface area (Å²) in [6, 6.07) is 18.6. The fourth-order valence-corrected chi connectivity index (χ4v) is 2.30. The summed E-state index contributed by atoms with van der Waals surface area (Å²) in [4.78, 5) is 19.1. The Morgan fingerprint density at radius 3 is 2.42 bits per heavy atom. The van der Waals surface area contributed by atoms with Gasteiger partial charge in [0.15, 0.2) is 0 Å². The molecule has 0 amide bonds. The van der Waals surface area contributed by atoms with Crippen LogP contribution in [0, 0.1) is 0 Å². The molecule has 0 radical (unpaired) electrons. The maximum atomic E-state index is 11.9. The molecule has 0 bridgehead atoms. The number of aromatic nitrogens is 2. The summed E-state index contributed by atoms with van der Waals surface area (Å²) in [7, 11) is 0. The van der Waals surface area contributed by atoms with Crippen LogP contribution in [0.2, 0.25) is 0 Å². The van der Waals surface area contributed by atoms with E-state index >= 15 is 0 Å². The first-order valence-electron chi connectivity index (χ1n) is 7.81. The van der Waals surface area contributed by atoms with Gasteiger partial charge < -0.3 is 10.1 Å². The molecule has 5 heteroatoms. The molecule has 0 fully saturated rings. The van der Waals surface area contributed by atoms with Crippen LogP contribution in [0.25, 0.3) is 11.3 Å². The van der Waals surface area contributed by atoms with Crippen LogP contribution in [-0.4, -0.2) is 16.1 Å². The number of aromatic amines is 1. The van der Waals surface area contributed by atoms with Crippen LogP contribution in [0.15, 0.2) is 65.5 Å². The zero-order valence-corrected chi connectivity index (χ0v) is 13.6. The number of ether oxygens (including phenoxy) is 1. The molecule has 0 saturated heterocycles. The minimum absolute atomic E-state index is 0.129. The molecule has 0 unspecified atom stereocenters. The van der Waals surface area contributed by atoms with E-state index in [9.17, 15) is 4.79 Å². The van der Waals surface area contributed by atoms with Crippen LogP contribution in [0.4, 0.5) is 11.6 Å². The van der Waals surface area contributed by atoms with Gasteiger partial charge in [-0.25, -0.2) is 4.98 Å². The molecular weight excluding hydrogens is 302 g/mol. The second-order valence-electron chi connectivity index (χ2n) is 5.66. The lowest BCUT2D eigenvalue weighted by Crippen LogP contribution is -2.10. The van der Waals surface area contributed by atoms with Crippen LogP contribution in [0.1, 0.15) is 13.8 Å². The Morgan fingerprint density at radius 2 is 1.75 bits per heavy atom. The summed E-state index contributed by atoms with van der Waals surface area (Å²) in [5, 5.41) is 3.11. The van der Waals surface area contributed by atoms with Crippen molar-refractivity contribution >= 4 is 11.6 Å². The standard InChI is InChI=1S/C19H19N3O2/c1-13(2)24-16-10-8-15(9-11-16)20-19-21-17(12-18(23)22-19)14-6-4-3-5-7-14/h3-13H,1-2H3,(H2,20,21,22,23). The van der Waals surface area contributed by atoms with Crippen molar-refractivity contribution in [2.24, 2.45) is 0 Å². The van der Waals surface area contributed by atoms with E-state index in [1.54, 1.807) is 0 Å². The van der Waals surface area contributed by atoms with Crippen molar-refractivity contribution in [3.05, 3.63) is 71.0 Å². The van der Waals surface area contributed by atoms with Gasteiger partial charge in [-0.2, -0.15) is 0 Å². The Morgan fingerprint density at radius 1 is 1.04 bits per heavy atom. The number of nitrogens with zero attached hydrogens (tertiary/aromatic N) is 1. The van der Waals surface area contributed by atoms with Gasteiger partial charge in [0.2, 0.25) is 5.95 Å². The summed E-state index contributed by atoms with van der Waals surface area (Å²) < 4.78 is 5.61. The summed E-state index contributed by atoms with van der Waals surface area (Å²) in [5.41, 5.74) is 2.14. The number of nitrogens with one attached hydrogen (secondary N) is 2. The molecule has 0 saturated carbocycles. The molecule has 0 spiro atoms. The average Bonchev–Trinajstić information content (AvgIpc) is 2.56. The molecule has 1 aromatic heterocycles. The van der Waals surface area contributed by atoms with Crippen molar-refractivity contribution in [1.82, 2.24) is 9.97 Å². The lowest BCUT2D eigenvalue weighted by atomic mass is 10.1. The second kappa shape index (κ2) is 7.00. The first-order valence-corrected chi connectivity index (χ1v) is 7.81. The lowest BCUT2D eigenvalue weighted by Gasteiger charge is -2.11. The third kappa shape index (κ3) is 4.01. The number of rotatable bonds is 5. The molecule has 122 valence electrons. The van der Waals surface area contributed by atoms with Crippen molar-refractivity contribution in [1.29, 1.82) is 0 Å². The molecule has 1 heterocycles. The zero-order valence-electron chi connectivity index (χ0n) is 13.6. The van der Waals surface area contributed by atoms with Gasteiger partial charge in [0.25, 0.3) is 5.56 Å². The lowest BCUT2D eigenvalue weighted by molar-refractivity contribution is 0.242. The highest BCUT2D eigenvalue weighted by Crippen LogP contribution is 2.20. The van der Waals surface area contributed by atoms with Crippen LogP contribution < -0.4 is 15.6 Å². The van der Waals surface area contributed by atoms with Crippen molar-refractivity contribution in [3.63, 3.8) is 0 Å². The number of hydrogen-bond donors (Lipinski definition) is 2. The second-order valence-corrected chi connectivity index (χ2v) is 5.66. The van der Waals surface area contributed by atoms with Crippen LogP contribution in [0.5, 0.6) is 5.75 Å². The van der Waals surface area contributed by atoms with E-state index in [4.69, 9.17) is 4.74 Å². The van der Waals surface area contributed by atoms with Gasteiger partial charge in [-0.3, -0.25) is 9.78 Å². The van der Waals surface area contributed by atoms with Gasteiger partial charge in [-0.1, -0.05) is 30.3 Å². The maximum Gasteiger partial charge on any atom is 0.252 e. The van der Waals surface area contributed by atoms with Crippen LogP contribution in [0.3, 0.4) is 0 Å². The molecule has 3 aromatic rings. The molecule has 5 nitrogen and oxygen atoms in total. The van der Waals surface area contributed by atoms with E-state index in [-0.39, 0.29) is 11.7 Å². The van der Waals surface area contributed by atoms with Gasteiger partial charge in [0.05, 0.1) is 11.8 Å². The van der Waals surface area contributed by atoms with Crippen molar-refractivity contribution in [2.75, 3.05) is 5.32 Å². The van der Waals surface area contributed by atoms with E-state index in [1.165, 1.54) is 6.07 Å². The monoisotopic (exact) mass is 321 g/mol. The molecule has 0 atom stereocenters. The third-order valence-corrected chi connectivity index (χ3v) is 3.30. The zero-order chi connectivity index (χ0) is 16.9. The molecule has 0 aliphatic rings. The Balaban J connectivity index is 1.83. The molecule has 2 aromatic carbocycles. The van der Waals surface area contributed by atoms with Gasteiger partial charge in [0, 0.05) is 17.3 Å². The molecular formula is C19H19N3O2. The highest BCUT2D eigenvalue weighted by atomic mass is 16.5. The molecule has 0 aliphatic heterocycles. The predicted octanol–water partition coefficient (Wildman–Crippen LogP) is 3.97. The highest BCUT2D eigenvalue weighted by Gasteiger charge is 2.05. The van der Waals surface area contributed by atoms with Crippen molar-refractivity contribution in [2.45, 2.75) is 20.0 Å². The van der Waals surface area contributed by atoms with Crippen LogP contribution in [-0.2, 0) is 0 Å². The summed E-state index contributed by atoms with van der Waals surface area (Å²) in [6.07, 6.45) is 0.129. The summed E-state index contributed by atoms with van der Waals surface area (Å²) in [5.74, 6) is 1.20. The Kier molecular flexibility index (Phi) is 4.61. The summed E-state index contributed by atoms with van der Waals surface area (Å²) in [6.45, 7) is 3.96. The Labute approximate surface area is 140 Å². The third-order valence-electron chi connectivity index (χ3n) is 3.30. The van der Waals surface area contributed by atoms with E-state index < -0.39 is 0 Å². The molecule has 0 aliphatic carbocycles. The van der Waals surface area contributed by atoms with Gasteiger partial charge in [-0.05, 0) is 38.1 Å². The fourth-order valence-electron chi connectivity index (χ4n) is 2.30.